The Bertz CT molecular complexity index is 1550. The average molecular weight is 553 g/mol. The van der Waals surface area contributed by atoms with Gasteiger partial charge in [0.05, 0.1) is 23.0 Å². The van der Waals surface area contributed by atoms with Crippen molar-refractivity contribution in [1.82, 2.24) is 29.7 Å². The Morgan fingerprint density at radius 2 is 1.82 bits per heavy atom. The number of halogens is 4. The van der Waals surface area contributed by atoms with Gasteiger partial charge in [-0.2, -0.15) is 14.2 Å². The van der Waals surface area contributed by atoms with E-state index in [0.717, 1.165) is 30.9 Å². The van der Waals surface area contributed by atoms with Crippen LogP contribution in [-0.4, -0.2) is 54.5 Å². The van der Waals surface area contributed by atoms with Crippen LogP contribution >= 0.6 is 0 Å². The van der Waals surface area contributed by atoms with Crippen molar-refractivity contribution >= 4 is 17.3 Å². The normalized spacial score (nSPS) is 14.9. The molecule has 206 valence electrons. The highest BCUT2D eigenvalue weighted by atomic mass is 19.4. The SMILES string of the molecule is CC1(CO)CCN(c2cc(Nc3ccnc(-c4ccc(F)nc4)n3)ncc2C#Cc2cnn(C(F)(F)F)c2)CC1. The van der Waals surface area contributed by atoms with Gasteiger partial charge in [0.2, 0.25) is 5.95 Å². The summed E-state index contributed by atoms with van der Waals surface area (Å²) in [6.07, 6.45) is 3.20. The smallest absolute Gasteiger partial charge is 0.396 e. The molecule has 0 atom stereocenters. The van der Waals surface area contributed by atoms with Crippen LogP contribution in [0.4, 0.5) is 34.9 Å². The number of hydrogen-bond donors (Lipinski definition) is 2. The van der Waals surface area contributed by atoms with Gasteiger partial charge in [0.15, 0.2) is 5.82 Å². The van der Waals surface area contributed by atoms with E-state index < -0.39 is 12.2 Å². The zero-order valence-electron chi connectivity index (χ0n) is 21.3. The van der Waals surface area contributed by atoms with Gasteiger partial charge < -0.3 is 15.3 Å². The third-order valence-corrected chi connectivity index (χ3v) is 6.66. The Morgan fingerprint density at radius 3 is 2.50 bits per heavy atom. The molecule has 5 rings (SSSR count). The van der Waals surface area contributed by atoms with E-state index >= 15 is 0 Å². The van der Waals surface area contributed by atoms with E-state index in [9.17, 15) is 22.7 Å². The van der Waals surface area contributed by atoms with Gasteiger partial charge in [-0.25, -0.2) is 19.9 Å². The van der Waals surface area contributed by atoms with Gasteiger partial charge in [0.25, 0.3) is 0 Å². The lowest BCUT2D eigenvalue weighted by atomic mass is 9.81. The molecule has 0 radical (unpaired) electrons. The highest BCUT2D eigenvalue weighted by Crippen LogP contribution is 2.34. The fraction of sp³-hybridized carbons (Fsp3) is 0.296. The van der Waals surface area contributed by atoms with Crippen molar-refractivity contribution in [2.24, 2.45) is 5.41 Å². The summed E-state index contributed by atoms with van der Waals surface area (Å²) < 4.78 is 51.8. The molecule has 0 amide bonds. The number of rotatable bonds is 5. The Kier molecular flexibility index (Phi) is 7.36. The molecular weight excluding hydrogens is 528 g/mol. The number of aromatic nitrogens is 6. The fourth-order valence-corrected chi connectivity index (χ4v) is 4.19. The van der Waals surface area contributed by atoms with E-state index in [4.69, 9.17) is 0 Å². The maximum absolute atomic E-state index is 13.2. The van der Waals surface area contributed by atoms with Gasteiger partial charge in [0.1, 0.15) is 11.6 Å². The summed E-state index contributed by atoms with van der Waals surface area (Å²) in [5.74, 6) is 6.33. The molecule has 1 aliphatic heterocycles. The molecule has 0 spiro atoms. The van der Waals surface area contributed by atoms with Gasteiger partial charge in [-0.3, -0.25) is 0 Å². The van der Waals surface area contributed by atoms with Crippen LogP contribution in [0.15, 0.2) is 55.2 Å². The molecule has 4 aromatic heterocycles. The van der Waals surface area contributed by atoms with Crippen LogP contribution in [0, 0.1) is 23.2 Å². The summed E-state index contributed by atoms with van der Waals surface area (Å²) >= 11 is 0. The molecule has 5 heterocycles. The summed E-state index contributed by atoms with van der Waals surface area (Å²) in [5.41, 5.74) is 1.73. The number of pyridine rings is 2. The van der Waals surface area contributed by atoms with Gasteiger partial charge in [-0.15, -0.1) is 13.2 Å². The summed E-state index contributed by atoms with van der Waals surface area (Å²) in [7, 11) is 0. The number of nitrogens with zero attached hydrogens (tertiary/aromatic N) is 7. The number of nitrogens with one attached hydrogen (secondary N) is 1. The first-order chi connectivity index (χ1) is 19.1. The first kappa shape index (κ1) is 27.0. The molecule has 1 saturated heterocycles. The standard InChI is InChI=1S/C27H24F4N8O/c1-26(17-40)7-10-38(11-8-26)21-12-24(34-14-19(21)3-2-18-13-35-39(16-18)27(29,30)31)36-23-6-9-32-25(37-23)20-4-5-22(28)33-15-20/h4-6,9,12-16,40H,7-8,10-11,17H2,1H3,(H,32,34,36,37). The molecule has 40 heavy (non-hydrogen) atoms. The molecule has 0 aliphatic carbocycles. The number of aliphatic hydroxyl groups is 1. The van der Waals surface area contributed by atoms with Crippen molar-refractivity contribution in [2.75, 3.05) is 29.9 Å². The zero-order valence-corrected chi connectivity index (χ0v) is 21.3. The summed E-state index contributed by atoms with van der Waals surface area (Å²) in [6, 6.07) is 6.20. The van der Waals surface area contributed by atoms with Crippen molar-refractivity contribution in [1.29, 1.82) is 0 Å². The monoisotopic (exact) mass is 552 g/mol. The first-order valence-electron chi connectivity index (χ1n) is 12.3. The maximum Gasteiger partial charge on any atom is 0.504 e. The van der Waals surface area contributed by atoms with Crippen LogP contribution in [0.25, 0.3) is 11.4 Å². The van der Waals surface area contributed by atoms with Crippen molar-refractivity contribution in [3.05, 3.63) is 72.3 Å². The van der Waals surface area contributed by atoms with Gasteiger partial charge in [-0.05, 0) is 36.5 Å². The number of piperidine rings is 1. The lowest BCUT2D eigenvalue weighted by Gasteiger charge is -2.39. The molecule has 0 aromatic carbocycles. The molecule has 1 fully saturated rings. The van der Waals surface area contributed by atoms with E-state index in [1.165, 1.54) is 18.3 Å². The van der Waals surface area contributed by atoms with Crippen molar-refractivity contribution in [3.8, 4) is 23.2 Å². The van der Waals surface area contributed by atoms with Crippen LogP contribution in [0.2, 0.25) is 0 Å². The van der Waals surface area contributed by atoms with Gasteiger partial charge in [0, 0.05) is 56.1 Å². The molecule has 1 aliphatic rings. The number of aliphatic hydroxyl groups excluding tert-OH is 1. The van der Waals surface area contributed by atoms with Gasteiger partial charge in [-0.1, -0.05) is 18.8 Å². The topological polar surface area (TPSA) is 105 Å². The second kappa shape index (κ2) is 10.9. The van der Waals surface area contributed by atoms with Crippen molar-refractivity contribution in [2.45, 2.75) is 26.1 Å². The van der Waals surface area contributed by atoms with Crippen LogP contribution < -0.4 is 10.2 Å². The summed E-state index contributed by atoms with van der Waals surface area (Å²) in [4.78, 5) is 18.9. The zero-order chi connectivity index (χ0) is 28.3. The highest BCUT2D eigenvalue weighted by molar-refractivity contribution is 5.68. The molecular formula is C27H24F4N8O. The predicted molar refractivity (Wildman–Crippen MR) is 139 cm³/mol. The third-order valence-electron chi connectivity index (χ3n) is 6.66. The van der Waals surface area contributed by atoms with Crippen LogP contribution in [-0.2, 0) is 6.30 Å². The lowest BCUT2D eigenvalue weighted by molar-refractivity contribution is -0.212. The molecule has 13 heteroatoms. The molecule has 9 nitrogen and oxygen atoms in total. The largest absolute Gasteiger partial charge is 0.504 e. The second-order valence-corrected chi connectivity index (χ2v) is 9.69. The maximum atomic E-state index is 13.2. The second-order valence-electron chi connectivity index (χ2n) is 9.69. The number of hydrogen-bond acceptors (Lipinski definition) is 8. The van der Waals surface area contributed by atoms with Crippen LogP contribution in [0.5, 0.6) is 0 Å². The predicted octanol–water partition coefficient (Wildman–Crippen LogP) is 4.49. The number of alkyl halides is 3. The summed E-state index contributed by atoms with van der Waals surface area (Å²) in [5, 5.41) is 16.2. The van der Waals surface area contributed by atoms with Crippen molar-refractivity contribution < 1.29 is 22.7 Å². The van der Waals surface area contributed by atoms with E-state index in [1.807, 2.05) is 6.92 Å². The quantitative estimate of drug-likeness (QED) is 0.212. The Balaban J connectivity index is 1.44. The summed E-state index contributed by atoms with van der Waals surface area (Å²) in [6.45, 7) is 3.42. The fourth-order valence-electron chi connectivity index (χ4n) is 4.19. The number of anilines is 3. The minimum Gasteiger partial charge on any atom is -0.396 e. The van der Waals surface area contributed by atoms with E-state index in [2.05, 4.69) is 47.1 Å². The van der Waals surface area contributed by atoms with E-state index in [0.29, 0.717) is 41.7 Å². The van der Waals surface area contributed by atoms with Crippen LogP contribution in [0.3, 0.4) is 0 Å². The Morgan fingerprint density at radius 1 is 1.02 bits per heavy atom. The van der Waals surface area contributed by atoms with Gasteiger partial charge >= 0.3 is 6.30 Å². The molecule has 4 aromatic rings. The van der Waals surface area contributed by atoms with Crippen molar-refractivity contribution in [3.63, 3.8) is 0 Å². The Labute approximate surface area is 226 Å². The van der Waals surface area contributed by atoms with E-state index in [1.54, 1.807) is 24.5 Å². The molecule has 0 unspecified atom stereocenters. The minimum absolute atomic E-state index is 0.0828. The lowest BCUT2D eigenvalue weighted by Crippen LogP contribution is -2.40. The molecule has 0 bridgehead atoms. The Hall–Kier alpha value is -4.57. The first-order valence-corrected chi connectivity index (χ1v) is 12.3. The molecule has 0 saturated carbocycles. The van der Waals surface area contributed by atoms with E-state index in [-0.39, 0.29) is 22.3 Å². The average Bonchev–Trinajstić information content (AvgIpc) is 3.43. The third kappa shape index (κ3) is 6.18. The highest BCUT2D eigenvalue weighted by Gasteiger charge is 2.32. The van der Waals surface area contributed by atoms with Crippen LogP contribution in [0.1, 0.15) is 30.9 Å². The molecule has 2 N–H and O–H groups in total. The minimum atomic E-state index is -4.62.